The van der Waals surface area contributed by atoms with Gasteiger partial charge in [0.05, 0.1) is 17.1 Å². The quantitative estimate of drug-likeness (QED) is 0.364. The van der Waals surface area contributed by atoms with E-state index in [2.05, 4.69) is 51.6 Å². The highest BCUT2D eigenvalue weighted by Gasteiger charge is 2.26. The Morgan fingerprint density at radius 1 is 1.22 bits per heavy atom. The van der Waals surface area contributed by atoms with Crippen molar-refractivity contribution < 1.29 is 1.43 Å². The van der Waals surface area contributed by atoms with Crippen molar-refractivity contribution in [2.24, 2.45) is 17.8 Å². The Balaban J connectivity index is 0.00000320. The zero-order valence-electron chi connectivity index (χ0n) is 20.9. The number of nitrogens with two attached hydrogens (primary N) is 1. The highest BCUT2D eigenvalue weighted by molar-refractivity contribution is 6.09. The Morgan fingerprint density at radius 2 is 2.11 bits per heavy atom. The van der Waals surface area contributed by atoms with E-state index in [1.807, 2.05) is 48.0 Å². The van der Waals surface area contributed by atoms with E-state index in [4.69, 9.17) is 15.8 Å². The van der Waals surface area contributed by atoms with Gasteiger partial charge in [-0.15, -0.1) is 0 Å². The molecule has 3 N–H and O–H groups in total. The summed E-state index contributed by atoms with van der Waals surface area (Å²) in [6.45, 7) is 5.59. The fourth-order valence-electron chi connectivity index (χ4n) is 4.57. The Morgan fingerprint density at radius 3 is 2.89 bits per heavy atom. The van der Waals surface area contributed by atoms with E-state index in [0.717, 1.165) is 77.5 Å². The number of benzene rings is 1. The van der Waals surface area contributed by atoms with Gasteiger partial charge in [-0.2, -0.15) is 10.2 Å². The van der Waals surface area contributed by atoms with Crippen LogP contribution in [0.15, 0.2) is 53.9 Å². The third-order valence-electron chi connectivity index (χ3n) is 6.40. The number of hydrogen-bond acceptors (Lipinski definition) is 7. The number of nitrogens with one attached hydrogen (secondary N) is 1. The van der Waals surface area contributed by atoms with Crippen LogP contribution in [0.2, 0.25) is 0 Å². The number of aromatic nitrogens is 6. The summed E-state index contributed by atoms with van der Waals surface area (Å²) >= 11 is 0. The van der Waals surface area contributed by atoms with Crippen LogP contribution >= 0.6 is 0 Å². The van der Waals surface area contributed by atoms with E-state index in [0.29, 0.717) is 5.95 Å². The summed E-state index contributed by atoms with van der Waals surface area (Å²) in [5, 5.41) is 12.6. The number of allylic oxidation sites excluding steroid dienone is 1. The van der Waals surface area contributed by atoms with Gasteiger partial charge in [-0.25, -0.2) is 9.97 Å². The first-order valence-corrected chi connectivity index (χ1v) is 12.3. The van der Waals surface area contributed by atoms with Crippen LogP contribution in [0.25, 0.3) is 16.8 Å². The van der Waals surface area contributed by atoms with Gasteiger partial charge in [0.1, 0.15) is 0 Å². The summed E-state index contributed by atoms with van der Waals surface area (Å²) in [5.41, 5.74) is 14.4. The Kier molecular flexibility index (Phi) is 6.62. The predicted molar refractivity (Wildman–Crippen MR) is 145 cm³/mol. The normalized spacial score (nSPS) is 13.1. The van der Waals surface area contributed by atoms with Crippen molar-refractivity contribution in [2.45, 2.75) is 39.7 Å². The third kappa shape index (κ3) is 4.64. The highest BCUT2D eigenvalue weighted by Crippen LogP contribution is 2.36. The smallest absolute Gasteiger partial charge is 0.228 e. The molecule has 1 aromatic carbocycles. The Labute approximate surface area is 212 Å². The van der Waals surface area contributed by atoms with Gasteiger partial charge in [-0.05, 0) is 43.4 Å². The monoisotopic (exact) mass is 483 g/mol. The largest absolute Gasteiger partial charge is 0.404 e. The lowest BCUT2D eigenvalue weighted by Crippen LogP contribution is -2.09. The van der Waals surface area contributed by atoms with Crippen molar-refractivity contribution in [3.8, 4) is 11.3 Å². The Bertz CT molecular complexity index is 1450. The van der Waals surface area contributed by atoms with Gasteiger partial charge < -0.3 is 11.1 Å². The molecule has 9 nitrogen and oxygen atoms in total. The third-order valence-corrected chi connectivity index (χ3v) is 6.40. The summed E-state index contributed by atoms with van der Waals surface area (Å²) in [7, 11) is 2.01. The summed E-state index contributed by atoms with van der Waals surface area (Å²) in [6.07, 6.45) is 9.77. The van der Waals surface area contributed by atoms with E-state index < -0.39 is 0 Å². The van der Waals surface area contributed by atoms with Crippen molar-refractivity contribution >= 4 is 23.6 Å². The van der Waals surface area contributed by atoms with Crippen molar-refractivity contribution in [3.63, 3.8) is 0 Å². The molecular formula is C27H33N9. The first kappa shape index (κ1) is 23.5. The molecular weight excluding hydrogens is 450 g/mol. The maximum Gasteiger partial charge on any atom is 0.228 e. The summed E-state index contributed by atoms with van der Waals surface area (Å²) < 4.78 is 3.86. The van der Waals surface area contributed by atoms with Crippen molar-refractivity contribution in [3.05, 3.63) is 77.0 Å². The molecule has 186 valence electrons. The van der Waals surface area contributed by atoms with Gasteiger partial charge in [-0.3, -0.25) is 14.4 Å². The minimum atomic E-state index is 0. The van der Waals surface area contributed by atoms with Gasteiger partial charge >= 0.3 is 0 Å². The van der Waals surface area contributed by atoms with Crippen LogP contribution in [-0.2, 0) is 32.9 Å². The first-order chi connectivity index (χ1) is 17.6. The molecule has 0 bridgehead atoms. The lowest BCUT2D eigenvalue weighted by molar-refractivity contribution is 0.662. The molecule has 0 saturated heterocycles. The molecule has 1 aliphatic carbocycles. The fourth-order valence-corrected chi connectivity index (χ4v) is 4.57. The second-order valence-electron chi connectivity index (χ2n) is 8.77. The number of aryl methyl sites for hydroxylation is 4. The molecule has 1 aliphatic rings. The number of hydrogen-bond donors (Lipinski definition) is 2. The van der Waals surface area contributed by atoms with Gasteiger partial charge in [0.25, 0.3) is 0 Å². The predicted octanol–water partition coefficient (Wildman–Crippen LogP) is 4.16. The average molecular weight is 484 g/mol. The van der Waals surface area contributed by atoms with Crippen LogP contribution in [-0.4, -0.2) is 42.3 Å². The van der Waals surface area contributed by atoms with Gasteiger partial charge in [0.2, 0.25) is 5.95 Å². The summed E-state index contributed by atoms with van der Waals surface area (Å²) in [5.74, 6) is 1.26. The molecule has 9 heteroatoms. The minimum Gasteiger partial charge on any atom is -0.404 e. The molecule has 36 heavy (non-hydrogen) atoms. The zero-order chi connectivity index (χ0) is 25.1. The molecule has 3 heterocycles. The summed E-state index contributed by atoms with van der Waals surface area (Å²) in [6, 6.07) is 10.3. The van der Waals surface area contributed by atoms with Crippen molar-refractivity contribution in [1.82, 2.24) is 29.5 Å². The van der Waals surface area contributed by atoms with E-state index in [1.165, 1.54) is 5.56 Å². The Hall–Kier alpha value is -4.27. The van der Waals surface area contributed by atoms with Crippen LogP contribution in [0.3, 0.4) is 0 Å². The van der Waals surface area contributed by atoms with Crippen molar-refractivity contribution in [2.75, 3.05) is 11.9 Å². The molecule has 0 atom stereocenters. The molecule has 0 unspecified atom stereocenters. The zero-order valence-corrected chi connectivity index (χ0v) is 20.9. The molecule has 0 fully saturated rings. The van der Waals surface area contributed by atoms with E-state index in [1.54, 1.807) is 6.20 Å². The van der Waals surface area contributed by atoms with Crippen LogP contribution in [0.5, 0.6) is 0 Å². The SMILES string of the molecule is CCN=C/C(=C\N)c1cccc(Cc2c3c(nn2C)CCc2cnc(Nc4ccn(CC)n4)nc2-3)c1.[HH]. The molecule has 0 spiro atoms. The topological polar surface area (TPSA) is 112 Å². The average Bonchev–Trinajstić information content (AvgIpc) is 3.48. The molecule has 0 amide bonds. The van der Waals surface area contributed by atoms with E-state index >= 15 is 0 Å². The number of fused-ring (bicyclic) bond motifs is 3. The molecule has 0 radical (unpaired) electrons. The van der Waals surface area contributed by atoms with Crippen LogP contribution < -0.4 is 11.1 Å². The minimum absolute atomic E-state index is 0. The van der Waals surface area contributed by atoms with E-state index in [9.17, 15) is 0 Å². The molecule has 5 rings (SSSR count). The molecule has 0 saturated carbocycles. The lowest BCUT2D eigenvalue weighted by Gasteiger charge is -2.17. The van der Waals surface area contributed by atoms with Gasteiger partial charge in [-0.1, -0.05) is 24.3 Å². The van der Waals surface area contributed by atoms with Gasteiger partial charge in [0, 0.05) is 70.0 Å². The summed E-state index contributed by atoms with van der Waals surface area (Å²) in [4.78, 5) is 13.8. The number of nitrogens with zero attached hydrogens (tertiary/aromatic N) is 7. The van der Waals surface area contributed by atoms with Gasteiger partial charge in [0.15, 0.2) is 5.82 Å². The lowest BCUT2D eigenvalue weighted by atomic mass is 9.91. The molecule has 0 aliphatic heterocycles. The maximum absolute atomic E-state index is 5.89. The maximum atomic E-state index is 5.89. The number of anilines is 2. The fraction of sp³-hybridized carbons (Fsp3) is 0.296. The van der Waals surface area contributed by atoms with Crippen molar-refractivity contribution in [1.29, 1.82) is 0 Å². The second-order valence-corrected chi connectivity index (χ2v) is 8.77. The number of aliphatic imine (C=N–C) groups is 1. The van der Waals surface area contributed by atoms with Crippen LogP contribution in [0, 0.1) is 0 Å². The van der Waals surface area contributed by atoms with Crippen LogP contribution in [0.4, 0.5) is 11.8 Å². The van der Waals surface area contributed by atoms with Crippen LogP contribution in [0.1, 0.15) is 43.4 Å². The first-order valence-electron chi connectivity index (χ1n) is 12.3. The number of rotatable bonds is 8. The standard InChI is InChI=1S/C27H31N9.H2/c1-4-29-16-21(15-28)19-8-6-7-18(13-19)14-23-25-22(33-35(23)3)10-9-20-17-30-27(32-26(20)25)31-24-11-12-36(5-2)34-24;/h6-8,11-13,15-17H,4-5,9-10,14,28H2,1-3H3,(H,30,31,32,34);1H/b21-15+,29-16?;. The van der Waals surface area contributed by atoms with E-state index in [-0.39, 0.29) is 1.43 Å². The molecule has 4 aromatic rings. The second kappa shape index (κ2) is 10.2. The molecule has 3 aromatic heterocycles. The highest BCUT2D eigenvalue weighted by atomic mass is 15.3.